The first kappa shape index (κ1) is 19.1. The molecule has 7 heteroatoms. The van der Waals surface area contributed by atoms with E-state index in [1.165, 1.54) is 19.2 Å². The maximum atomic E-state index is 12.5. The van der Waals surface area contributed by atoms with Gasteiger partial charge in [-0.3, -0.25) is 4.79 Å². The third-order valence-corrected chi connectivity index (χ3v) is 5.10. The highest BCUT2D eigenvalue weighted by atomic mass is 32.2. The Kier molecular flexibility index (Phi) is 6.30. The minimum Gasteiger partial charge on any atom is -0.383 e. The highest BCUT2D eigenvalue weighted by Crippen LogP contribution is 2.18. The molecule has 2 aromatic rings. The van der Waals surface area contributed by atoms with E-state index in [0.29, 0.717) is 5.69 Å². The summed E-state index contributed by atoms with van der Waals surface area (Å²) in [6.07, 6.45) is 0. The van der Waals surface area contributed by atoms with Crippen LogP contribution in [0.4, 0.5) is 5.69 Å². The third-order valence-electron chi connectivity index (χ3n) is 3.65. The van der Waals surface area contributed by atoms with Crippen molar-refractivity contribution in [1.29, 1.82) is 0 Å². The predicted octanol–water partition coefficient (Wildman–Crippen LogP) is 2.48. The van der Waals surface area contributed by atoms with E-state index in [-0.39, 0.29) is 29.5 Å². The molecule has 1 amide bonds. The van der Waals surface area contributed by atoms with E-state index < -0.39 is 10.0 Å². The zero-order chi connectivity index (χ0) is 18.4. The van der Waals surface area contributed by atoms with Crippen LogP contribution in [0.5, 0.6) is 0 Å². The number of rotatable bonds is 7. The van der Waals surface area contributed by atoms with Gasteiger partial charge in [0.05, 0.1) is 11.5 Å². The van der Waals surface area contributed by atoms with E-state index in [2.05, 4.69) is 10.0 Å². The van der Waals surface area contributed by atoms with Gasteiger partial charge in [0.1, 0.15) is 0 Å². The van der Waals surface area contributed by atoms with Gasteiger partial charge in [-0.2, -0.15) is 0 Å². The number of carbonyl (C=O) groups is 1. The number of hydrogen-bond acceptors (Lipinski definition) is 4. The second-order valence-corrected chi connectivity index (χ2v) is 7.46. The summed E-state index contributed by atoms with van der Waals surface area (Å²) < 4.78 is 31.7. The molecule has 0 aromatic heterocycles. The first-order valence-electron chi connectivity index (χ1n) is 7.81. The molecule has 0 atom stereocenters. The van der Waals surface area contributed by atoms with E-state index in [9.17, 15) is 13.2 Å². The average Bonchev–Trinajstić information content (AvgIpc) is 2.58. The van der Waals surface area contributed by atoms with Crippen LogP contribution in [0.15, 0.2) is 47.4 Å². The summed E-state index contributed by atoms with van der Waals surface area (Å²) in [6, 6.07) is 11.7. The van der Waals surface area contributed by atoms with E-state index in [1.807, 2.05) is 32.0 Å². The van der Waals surface area contributed by atoms with Gasteiger partial charge in [0.25, 0.3) is 5.91 Å². The summed E-state index contributed by atoms with van der Waals surface area (Å²) >= 11 is 0. The highest BCUT2D eigenvalue weighted by Gasteiger charge is 2.16. The number of aryl methyl sites for hydroxylation is 2. The minimum absolute atomic E-state index is 0.0391. The normalized spacial score (nSPS) is 11.3. The Balaban J connectivity index is 2.20. The number of carbonyl (C=O) groups excluding carboxylic acids is 1. The lowest BCUT2D eigenvalue weighted by molar-refractivity contribution is 0.102. The fraction of sp³-hybridized carbons (Fsp3) is 0.278. The molecule has 0 spiro atoms. The second kappa shape index (κ2) is 8.24. The van der Waals surface area contributed by atoms with Crippen molar-refractivity contribution in [2.45, 2.75) is 18.7 Å². The topological polar surface area (TPSA) is 84.5 Å². The molecule has 6 nitrogen and oxygen atoms in total. The lowest BCUT2D eigenvalue weighted by Crippen LogP contribution is -2.27. The molecule has 0 saturated carbocycles. The van der Waals surface area contributed by atoms with Gasteiger partial charge in [-0.1, -0.05) is 18.2 Å². The summed E-state index contributed by atoms with van der Waals surface area (Å²) in [5.74, 6) is -0.359. The van der Waals surface area contributed by atoms with Crippen LogP contribution >= 0.6 is 0 Å². The molecular formula is C18H22N2O4S. The van der Waals surface area contributed by atoms with E-state index in [0.717, 1.165) is 11.1 Å². The van der Waals surface area contributed by atoms with Gasteiger partial charge in [-0.15, -0.1) is 0 Å². The van der Waals surface area contributed by atoms with Crippen LogP contribution in [0.1, 0.15) is 21.5 Å². The molecule has 0 bridgehead atoms. The molecule has 0 aliphatic carbocycles. The number of amides is 1. The summed E-state index contributed by atoms with van der Waals surface area (Å²) in [5, 5.41) is 2.82. The molecular weight excluding hydrogens is 340 g/mol. The van der Waals surface area contributed by atoms with Crippen LogP contribution in [-0.4, -0.2) is 34.6 Å². The molecule has 2 N–H and O–H groups in total. The quantitative estimate of drug-likeness (QED) is 0.741. The molecule has 0 heterocycles. The fourth-order valence-corrected chi connectivity index (χ4v) is 3.29. The van der Waals surface area contributed by atoms with Gasteiger partial charge in [-0.25, -0.2) is 13.1 Å². The molecule has 0 aliphatic rings. The van der Waals surface area contributed by atoms with Crippen LogP contribution in [0.3, 0.4) is 0 Å². The van der Waals surface area contributed by atoms with Gasteiger partial charge >= 0.3 is 0 Å². The van der Waals surface area contributed by atoms with Crippen molar-refractivity contribution in [2.24, 2.45) is 0 Å². The van der Waals surface area contributed by atoms with Crippen LogP contribution < -0.4 is 10.0 Å². The molecule has 134 valence electrons. The predicted molar refractivity (Wildman–Crippen MR) is 97.4 cm³/mol. The number of hydrogen-bond donors (Lipinski definition) is 2. The molecule has 0 unspecified atom stereocenters. The van der Waals surface area contributed by atoms with Gasteiger partial charge in [0.15, 0.2) is 0 Å². The van der Waals surface area contributed by atoms with Crippen LogP contribution in [0, 0.1) is 13.8 Å². The zero-order valence-electron chi connectivity index (χ0n) is 14.5. The average molecular weight is 362 g/mol. The maximum absolute atomic E-state index is 12.5. The van der Waals surface area contributed by atoms with Gasteiger partial charge in [0.2, 0.25) is 10.0 Å². The Bertz CT molecular complexity index is 863. The van der Waals surface area contributed by atoms with Gasteiger partial charge in [0, 0.05) is 24.9 Å². The molecule has 0 saturated heterocycles. The largest absolute Gasteiger partial charge is 0.383 e. The summed E-state index contributed by atoms with van der Waals surface area (Å²) in [5.41, 5.74) is 2.94. The number of anilines is 1. The Hall–Kier alpha value is -2.22. The van der Waals surface area contributed by atoms with Crippen molar-refractivity contribution in [3.63, 3.8) is 0 Å². The van der Waals surface area contributed by atoms with Crippen molar-refractivity contribution in [1.82, 2.24) is 4.72 Å². The smallest absolute Gasteiger partial charge is 0.255 e. The minimum atomic E-state index is -3.69. The van der Waals surface area contributed by atoms with Crippen LogP contribution in [-0.2, 0) is 14.8 Å². The SMILES string of the molecule is COCCNS(=O)(=O)c1cccc(C(=O)Nc2cc(C)ccc2C)c1. The molecule has 0 fully saturated rings. The molecule has 25 heavy (non-hydrogen) atoms. The fourth-order valence-electron chi connectivity index (χ4n) is 2.23. The van der Waals surface area contributed by atoms with Crippen molar-refractivity contribution in [3.05, 3.63) is 59.2 Å². The first-order chi connectivity index (χ1) is 11.8. The van der Waals surface area contributed by atoms with E-state index in [1.54, 1.807) is 12.1 Å². The Morgan fingerprint density at radius 3 is 2.60 bits per heavy atom. The van der Waals surface area contributed by atoms with Crippen LogP contribution in [0.2, 0.25) is 0 Å². The summed E-state index contributed by atoms with van der Waals surface area (Å²) in [4.78, 5) is 12.5. The van der Waals surface area contributed by atoms with Crippen molar-refractivity contribution in [3.8, 4) is 0 Å². The van der Waals surface area contributed by atoms with Crippen LogP contribution in [0.25, 0.3) is 0 Å². The summed E-state index contributed by atoms with van der Waals surface area (Å²) in [7, 11) is -2.19. The Morgan fingerprint density at radius 1 is 1.12 bits per heavy atom. The number of methoxy groups -OCH3 is 1. The molecule has 2 aromatic carbocycles. The maximum Gasteiger partial charge on any atom is 0.255 e. The molecule has 0 radical (unpaired) electrons. The standard InChI is InChI=1S/C18H22N2O4S/c1-13-7-8-14(2)17(11-13)20-18(21)15-5-4-6-16(12-15)25(22,23)19-9-10-24-3/h4-8,11-12,19H,9-10H2,1-3H3,(H,20,21). The number of benzene rings is 2. The first-order valence-corrected chi connectivity index (χ1v) is 9.29. The number of sulfonamides is 1. The number of ether oxygens (including phenoxy) is 1. The Morgan fingerprint density at radius 2 is 1.88 bits per heavy atom. The van der Waals surface area contributed by atoms with Gasteiger partial charge in [-0.05, 0) is 49.2 Å². The van der Waals surface area contributed by atoms with Gasteiger partial charge < -0.3 is 10.1 Å². The second-order valence-electron chi connectivity index (χ2n) is 5.69. The lowest BCUT2D eigenvalue weighted by Gasteiger charge is -2.11. The summed E-state index contributed by atoms with van der Waals surface area (Å²) in [6.45, 7) is 4.27. The Labute approximate surface area is 148 Å². The van der Waals surface area contributed by atoms with Crippen molar-refractivity contribution < 1.29 is 17.9 Å². The lowest BCUT2D eigenvalue weighted by atomic mass is 10.1. The monoisotopic (exact) mass is 362 g/mol. The van der Waals surface area contributed by atoms with E-state index in [4.69, 9.17) is 4.74 Å². The van der Waals surface area contributed by atoms with E-state index >= 15 is 0 Å². The zero-order valence-corrected chi connectivity index (χ0v) is 15.3. The van der Waals surface area contributed by atoms with Crippen molar-refractivity contribution in [2.75, 3.05) is 25.6 Å². The third kappa shape index (κ3) is 5.12. The molecule has 2 rings (SSSR count). The molecule has 0 aliphatic heterocycles. The number of nitrogens with one attached hydrogen (secondary N) is 2. The van der Waals surface area contributed by atoms with Crippen molar-refractivity contribution >= 4 is 21.6 Å². The highest BCUT2D eigenvalue weighted by molar-refractivity contribution is 7.89.